The van der Waals surface area contributed by atoms with E-state index in [-0.39, 0.29) is 21.7 Å². The van der Waals surface area contributed by atoms with Gasteiger partial charge >= 0.3 is 0 Å². The molecule has 2 aliphatic rings. The van der Waals surface area contributed by atoms with E-state index in [2.05, 4.69) is 102 Å². The van der Waals surface area contributed by atoms with E-state index in [4.69, 9.17) is 0 Å². The van der Waals surface area contributed by atoms with E-state index < -0.39 is 0 Å². The van der Waals surface area contributed by atoms with Crippen LogP contribution in [0.25, 0.3) is 0 Å². The summed E-state index contributed by atoms with van der Waals surface area (Å²) in [6.07, 6.45) is 25.3. The first-order chi connectivity index (χ1) is 10.1. The van der Waals surface area contributed by atoms with Crippen LogP contribution in [0.4, 0.5) is 0 Å². The molecule has 2 atom stereocenters. The second-order valence-electron chi connectivity index (χ2n) is 8.90. The first-order valence-corrected chi connectivity index (χ1v) is 8.51. The van der Waals surface area contributed by atoms with E-state index >= 15 is 0 Å². The van der Waals surface area contributed by atoms with Gasteiger partial charge in [-0.15, -0.1) is 0 Å². The highest BCUT2D eigenvalue weighted by atomic mass is 14.4. The normalized spacial score (nSPS) is 32.1. The summed E-state index contributed by atoms with van der Waals surface area (Å²) in [5.41, 5.74) is 0.625. The second-order valence-corrected chi connectivity index (χ2v) is 8.90. The minimum atomic E-state index is 0.106. The first-order valence-electron chi connectivity index (χ1n) is 8.51. The van der Waals surface area contributed by atoms with E-state index in [1.807, 2.05) is 0 Å². The van der Waals surface area contributed by atoms with Gasteiger partial charge in [-0.05, 0) is 23.7 Å². The summed E-state index contributed by atoms with van der Waals surface area (Å²) >= 11 is 0. The number of hydrogen-bond acceptors (Lipinski definition) is 0. The Balaban J connectivity index is 2.42. The summed E-state index contributed by atoms with van der Waals surface area (Å²) in [7, 11) is 0. The molecule has 22 heavy (non-hydrogen) atoms. The lowest BCUT2D eigenvalue weighted by molar-refractivity contribution is 0.186. The topological polar surface area (TPSA) is 0 Å². The average molecular weight is 296 g/mol. The third kappa shape index (κ3) is 3.07. The van der Waals surface area contributed by atoms with Crippen LogP contribution in [0.2, 0.25) is 0 Å². The molecule has 0 aromatic carbocycles. The maximum atomic E-state index is 2.49. The van der Waals surface area contributed by atoms with Gasteiger partial charge in [0, 0.05) is 10.8 Å². The zero-order valence-corrected chi connectivity index (χ0v) is 15.2. The van der Waals surface area contributed by atoms with Gasteiger partial charge in [0.25, 0.3) is 0 Å². The largest absolute Gasteiger partial charge is 0.0833 e. The molecule has 2 rings (SSSR count). The number of allylic oxidation sites excluding steroid dienone is 10. The Morgan fingerprint density at radius 3 is 1.23 bits per heavy atom. The SMILES string of the molecule is CC(C)(C)C1(/C=C/C2(C(C)(C)C)C=CC=CC2)C=CC=CC1. The lowest BCUT2D eigenvalue weighted by atomic mass is 9.59. The summed E-state index contributed by atoms with van der Waals surface area (Å²) in [5.74, 6) is 0. The Morgan fingerprint density at radius 1 is 0.636 bits per heavy atom. The number of hydrogen-bond donors (Lipinski definition) is 0. The van der Waals surface area contributed by atoms with Crippen LogP contribution in [0, 0.1) is 21.7 Å². The zero-order valence-electron chi connectivity index (χ0n) is 15.2. The van der Waals surface area contributed by atoms with Gasteiger partial charge < -0.3 is 0 Å². The highest BCUT2D eigenvalue weighted by Gasteiger charge is 2.41. The molecule has 0 nitrogen and oxygen atoms in total. The molecule has 0 heterocycles. The summed E-state index contributed by atoms with van der Waals surface area (Å²) in [6, 6.07) is 0. The monoisotopic (exact) mass is 296 g/mol. The average Bonchev–Trinajstić information content (AvgIpc) is 2.45. The van der Waals surface area contributed by atoms with Gasteiger partial charge in [-0.1, -0.05) is 102 Å². The van der Waals surface area contributed by atoms with Gasteiger partial charge in [-0.25, -0.2) is 0 Å². The maximum absolute atomic E-state index is 2.49. The van der Waals surface area contributed by atoms with Crippen LogP contribution >= 0.6 is 0 Å². The zero-order chi connectivity index (χ0) is 16.5. The fourth-order valence-corrected chi connectivity index (χ4v) is 3.43. The van der Waals surface area contributed by atoms with Gasteiger partial charge in [0.2, 0.25) is 0 Å². The molecule has 0 heteroatoms. The maximum Gasteiger partial charge on any atom is 0.0147 e. The molecule has 0 saturated heterocycles. The summed E-state index contributed by atoms with van der Waals surface area (Å²) in [5, 5.41) is 0. The predicted octanol–water partition coefficient (Wildman–Crippen LogP) is 6.64. The third-order valence-electron chi connectivity index (χ3n) is 5.66. The minimum Gasteiger partial charge on any atom is -0.0833 e. The van der Waals surface area contributed by atoms with E-state index in [9.17, 15) is 0 Å². The van der Waals surface area contributed by atoms with Gasteiger partial charge in [-0.2, -0.15) is 0 Å². The van der Waals surface area contributed by atoms with E-state index in [1.165, 1.54) is 0 Å². The Hall–Kier alpha value is -1.30. The van der Waals surface area contributed by atoms with Crippen molar-refractivity contribution in [3.63, 3.8) is 0 Å². The molecular formula is C22H32. The molecule has 0 radical (unpaired) electrons. The Morgan fingerprint density at radius 2 is 1.00 bits per heavy atom. The smallest absolute Gasteiger partial charge is 0.0147 e. The van der Waals surface area contributed by atoms with Crippen molar-refractivity contribution < 1.29 is 0 Å². The fraction of sp³-hybridized carbons (Fsp3) is 0.545. The van der Waals surface area contributed by atoms with Crippen molar-refractivity contribution >= 4 is 0 Å². The van der Waals surface area contributed by atoms with E-state index in [0.717, 1.165) is 12.8 Å². The summed E-state index contributed by atoms with van der Waals surface area (Å²) in [6.45, 7) is 14.1. The van der Waals surface area contributed by atoms with Crippen molar-refractivity contribution in [1.82, 2.24) is 0 Å². The molecular weight excluding hydrogens is 264 g/mol. The van der Waals surface area contributed by atoms with Crippen molar-refractivity contribution in [2.45, 2.75) is 54.4 Å². The van der Waals surface area contributed by atoms with Gasteiger partial charge in [0.1, 0.15) is 0 Å². The highest BCUT2D eigenvalue weighted by molar-refractivity contribution is 5.31. The third-order valence-corrected chi connectivity index (χ3v) is 5.66. The van der Waals surface area contributed by atoms with Crippen LogP contribution < -0.4 is 0 Å². The molecule has 2 aliphatic carbocycles. The lowest BCUT2D eigenvalue weighted by Crippen LogP contribution is -2.36. The van der Waals surface area contributed by atoms with E-state index in [0.29, 0.717) is 0 Å². The molecule has 0 saturated carbocycles. The molecule has 0 aliphatic heterocycles. The standard InChI is InChI=1S/C22H32/c1-19(2,3)21(13-9-7-10-14-21)17-18-22(20(4,5)6)15-11-8-12-16-22/h7-13,15,17-18H,14,16H2,1-6H3/b18-17+. The van der Waals surface area contributed by atoms with Crippen LogP contribution in [0.3, 0.4) is 0 Å². The van der Waals surface area contributed by atoms with Crippen molar-refractivity contribution in [3.8, 4) is 0 Å². The quantitative estimate of drug-likeness (QED) is 0.501. The van der Waals surface area contributed by atoms with E-state index in [1.54, 1.807) is 0 Å². The van der Waals surface area contributed by atoms with Gasteiger partial charge in [-0.3, -0.25) is 0 Å². The molecule has 0 N–H and O–H groups in total. The van der Waals surface area contributed by atoms with Crippen molar-refractivity contribution in [3.05, 3.63) is 60.8 Å². The van der Waals surface area contributed by atoms with Crippen LogP contribution in [0.15, 0.2) is 60.8 Å². The Bertz CT molecular complexity index is 490. The predicted molar refractivity (Wildman–Crippen MR) is 98.7 cm³/mol. The highest BCUT2D eigenvalue weighted by Crippen LogP contribution is 2.50. The molecule has 120 valence electrons. The molecule has 0 aromatic heterocycles. The lowest BCUT2D eigenvalue weighted by Gasteiger charge is -2.45. The first kappa shape index (κ1) is 17.1. The van der Waals surface area contributed by atoms with Crippen molar-refractivity contribution in [1.29, 1.82) is 0 Å². The second kappa shape index (κ2) is 5.72. The van der Waals surface area contributed by atoms with Crippen LogP contribution in [-0.2, 0) is 0 Å². The molecule has 0 aromatic rings. The Labute approximate surface area is 137 Å². The van der Waals surface area contributed by atoms with Crippen LogP contribution in [0.5, 0.6) is 0 Å². The Kier molecular flexibility index (Phi) is 4.44. The minimum absolute atomic E-state index is 0.106. The summed E-state index contributed by atoms with van der Waals surface area (Å²) < 4.78 is 0. The van der Waals surface area contributed by atoms with Crippen molar-refractivity contribution in [2.75, 3.05) is 0 Å². The number of rotatable bonds is 2. The summed E-state index contributed by atoms with van der Waals surface area (Å²) in [4.78, 5) is 0. The van der Waals surface area contributed by atoms with Crippen LogP contribution in [-0.4, -0.2) is 0 Å². The van der Waals surface area contributed by atoms with Gasteiger partial charge in [0.05, 0.1) is 0 Å². The van der Waals surface area contributed by atoms with Crippen LogP contribution in [0.1, 0.15) is 54.4 Å². The van der Waals surface area contributed by atoms with Crippen molar-refractivity contribution in [2.24, 2.45) is 21.7 Å². The molecule has 0 bridgehead atoms. The molecule has 2 unspecified atom stereocenters. The molecule has 0 fully saturated rings. The molecule has 0 amide bonds. The fourth-order valence-electron chi connectivity index (χ4n) is 3.43. The molecule has 0 spiro atoms. The van der Waals surface area contributed by atoms with Gasteiger partial charge in [0.15, 0.2) is 0 Å².